The number of carbonyl (C=O) groups excluding carboxylic acids is 1. The lowest BCUT2D eigenvalue weighted by Gasteiger charge is -2.00. The molecule has 1 heterocycles. The summed E-state index contributed by atoms with van der Waals surface area (Å²) in [6.45, 7) is 0. The van der Waals surface area contributed by atoms with E-state index in [-0.39, 0.29) is 11.3 Å². The number of aldehydes is 1. The van der Waals surface area contributed by atoms with Crippen molar-refractivity contribution in [2.45, 2.75) is 0 Å². The minimum absolute atomic E-state index is 0.176. The number of carboxylic acid groups (broad SMARTS) is 1. The minimum Gasteiger partial charge on any atom is -0.478 e. The number of carboxylic acids is 1. The van der Waals surface area contributed by atoms with Gasteiger partial charge in [-0.25, -0.2) is 4.79 Å². The summed E-state index contributed by atoms with van der Waals surface area (Å²) in [4.78, 5) is 21.5. The molecule has 1 aromatic carbocycles. The molecule has 1 N–H and O–H groups in total. The smallest absolute Gasteiger partial charge is 0.335 e. The lowest BCUT2D eigenvalue weighted by atomic mass is 10.0. The highest BCUT2D eigenvalue weighted by Crippen LogP contribution is 2.24. The number of aromatic carboxylic acids is 1. The highest BCUT2D eigenvalue weighted by atomic mass is 16.4. The fraction of sp³-hybridized carbons (Fsp3) is 0. The van der Waals surface area contributed by atoms with Crippen LogP contribution >= 0.6 is 0 Å². The van der Waals surface area contributed by atoms with Gasteiger partial charge in [-0.15, -0.1) is 0 Å². The largest absolute Gasteiger partial charge is 0.478 e. The molecule has 16 heavy (non-hydrogen) atoms. The first-order valence-electron chi connectivity index (χ1n) is 4.59. The second-order valence-corrected chi connectivity index (χ2v) is 3.20. The summed E-state index contributed by atoms with van der Waals surface area (Å²) in [5.41, 5.74) is 1.42. The van der Waals surface area contributed by atoms with Gasteiger partial charge >= 0.3 is 5.97 Å². The highest BCUT2D eigenvalue weighted by Gasteiger charge is 2.10. The Balaban J connectivity index is 2.52. The van der Waals surface area contributed by atoms with Crippen LogP contribution in [0, 0.1) is 0 Å². The molecule has 0 saturated carbocycles. The average Bonchev–Trinajstić information content (AvgIpc) is 2.77. The molecule has 0 unspecified atom stereocenters. The van der Waals surface area contributed by atoms with Gasteiger partial charge in [0.25, 0.3) is 0 Å². The first kappa shape index (κ1) is 10.2. The number of hydrogen-bond donors (Lipinski definition) is 1. The number of hydrogen-bond acceptors (Lipinski definition) is 3. The lowest BCUT2D eigenvalue weighted by molar-refractivity contribution is 0.0697. The summed E-state index contributed by atoms with van der Waals surface area (Å²) >= 11 is 0. The molecule has 0 aliphatic rings. The van der Waals surface area contributed by atoms with Gasteiger partial charge in [0.15, 0.2) is 12.0 Å². The molecule has 0 aliphatic carbocycles. The Morgan fingerprint density at radius 3 is 2.81 bits per heavy atom. The molecule has 0 amide bonds. The fourth-order valence-corrected chi connectivity index (χ4v) is 1.47. The number of carbonyl (C=O) groups is 2. The number of furan rings is 1. The minimum atomic E-state index is -1.00. The van der Waals surface area contributed by atoms with Crippen molar-refractivity contribution in [3.63, 3.8) is 0 Å². The van der Waals surface area contributed by atoms with Crippen molar-refractivity contribution in [1.29, 1.82) is 0 Å². The van der Waals surface area contributed by atoms with E-state index >= 15 is 0 Å². The van der Waals surface area contributed by atoms with Crippen molar-refractivity contribution in [3.8, 4) is 11.1 Å². The maximum Gasteiger partial charge on any atom is 0.335 e. The third-order valence-corrected chi connectivity index (χ3v) is 2.22. The van der Waals surface area contributed by atoms with Gasteiger partial charge in [0.05, 0.1) is 11.8 Å². The molecular weight excluding hydrogens is 208 g/mol. The summed E-state index contributed by atoms with van der Waals surface area (Å²) in [5.74, 6) is -0.805. The molecular formula is C12H8O4. The standard InChI is InChI=1S/C12H8O4/c13-7-11-10(4-5-16-11)8-2-1-3-9(6-8)12(14)15/h1-7H,(H,14,15). The summed E-state index contributed by atoms with van der Waals surface area (Å²) < 4.78 is 4.95. The monoisotopic (exact) mass is 216 g/mol. The lowest BCUT2D eigenvalue weighted by Crippen LogP contribution is -1.95. The van der Waals surface area contributed by atoms with Crippen molar-refractivity contribution in [2.75, 3.05) is 0 Å². The van der Waals surface area contributed by atoms with Crippen molar-refractivity contribution in [2.24, 2.45) is 0 Å². The third kappa shape index (κ3) is 1.72. The van der Waals surface area contributed by atoms with E-state index < -0.39 is 5.97 Å². The molecule has 0 fully saturated rings. The van der Waals surface area contributed by atoms with Gasteiger partial charge < -0.3 is 9.52 Å². The van der Waals surface area contributed by atoms with Crippen molar-refractivity contribution in [3.05, 3.63) is 47.9 Å². The number of rotatable bonds is 3. The Kier molecular flexibility index (Phi) is 2.55. The Morgan fingerprint density at radius 1 is 1.31 bits per heavy atom. The van der Waals surface area contributed by atoms with Gasteiger partial charge in [-0.3, -0.25) is 4.79 Å². The van der Waals surface area contributed by atoms with Crippen LogP contribution in [0.15, 0.2) is 41.0 Å². The zero-order chi connectivity index (χ0) is 11.5. The van der Waals surface area contributed by atoms with Crippen molar-refractivity contribution < 1.29 is 19.1 Å². The molecule has 0 bridgehead atoms. The van der Waals surface area contributed by atoms with E-state index in [9.17, 15) is 9.59 Å². The second kappa shape index (κ2) is 4.02. The van der Waals surface area contributed by atoms with Crippen LogP contribution in [0.25, 0.3) is 11.1 Å². The normalized spacial score (nSPS) is 10.0. The summed E-state index contributed by atoms with van der Waals surface area (Å²) in [6.07, 6.45) is 2.00. The molecule has 0 radical (unpaired) electrons. The van der Waals surface area contributed by atoms with Crippen LogP contribution < -0.4 is 0 Å². The zero-order valence-electron chi connectivity index (χ0n) is 8.21. The van der Waals surface area contributed by atoms with Crippen molar-refractivity contribution in [1.82, 2.24) is 0 Å². The molecule has 2 aromatic rings. The first-order valence-corrected chi connectivity index (χ1v) is 4.59. The van der Waals surface area contributed by atoms with Crippen LogP contribution in [0.2, 0.25) is 0 Å². The van der Waals surface area contributed by atoms with Gasteiger partial charge in [-0.2, -0.15) is 0 Å². The van der Waals surface area contributed by atoms with Crippen LogP contribution in [-0.4, -0.2) is 17.4 Å². The summed E-state index contributed by atoms with van der Waals surface area (Å²) in [7, 11) is 0. The molecule has 0 saturated heterocycles. The van der Waals surface area contributed by atoms with E-state index in [0.717, 1.165) is 0 Å². The Labute approximate surface area is 91.1 Å². The Bertz CT molecular complexity index is 539. The fourth-order valence-electron chi connectivity index (χ4n) is 1.47. The molecule has 0 spiro atoms. The van der Waals surface area contributed by atoms with Crippen molar-refractivity contribution >= 4 is 12.3 Å². The molecule has 0 atom stereocenters. The number of benzene rings is 1. The Morgan fingerprint density at radius 2 is 2.12 bits per heavy atom. The molecule has 80 valence electrons. The van der Waals surface area contributed by atoms with Gasteiger partial charge in [-0.05, 0) is 23.8 Å². The van der Waals surface area contributed by atoms with E-state index in [1.54, 1.807) is 18.2 Å². The van der Waals surface area contributed by atoms with Crippen LogP contribution in [0.3, 0.4) is 0 Å². The predicted octanol–water partition coefficient (Wildman–Crippen LogP) is 2.46. The van der Waals surface area contributed by atoms with E-state index in [4.69, 9.17) is 9.52 Å². The Hall–Kier alpha value is -2.36. The van der Waals surface area contributed by atoms with Crippen LogP contribution in [0.5, 0.6) is 0 Å². The summed E-state index contributed by atoms with van der Waals surface area (Å²) in [6, 6.07) is 7.97. The second-order valence-electron chi connectivity index (χ2n) is 3.20. The molecule has 0 aliphatic heterocycles. The molecule has 1 aromatic heterocycles. The summed E-state index contributed by atoms with van der Waals surface area (Å²) in [5, 5.41) is 8.84. The van der Waals surface area contributed by atoms with E-state index in [2.05, 4.69) is 0 Å². The highest BCUT2D eigenvalue weighted by molar-refractivity contribution is 5.91. The van der Waals surface area contributed by atoms with E-state index in [1.807, 2.05) is 0 Å². The van der Waals surface area contributed by atoms with E-state index in [1.165, 1.54) is 18.4 Å². The van der Waals surface area contributed by atoms with Crippen LogP contribution in [0.4, 0.5) is 0 Å². The topological polar surface area (TPSA) is 67.5 Å². The van der Waals surface area contributed by atoms with Gasteiger partial charge in [-0.1, -0.05) is 12.1 Å². The predicted molar refractivity (Wildman–Crippen MR) is 56.5 cm³/mol. The molecule has 4 heteroatoms. The van der Waals surface area contributed by atoms with Crippen LogP contribution in [0.1, 0.15) is 20.9 Å². The maximum atomic E-state index is 10.8. The third-order valence-electron chi connectivity index (χ3n) is 2.22. The van der Waals surface area contributed by atoms with Crippen LogP contribution in [-0.2, 0) is 0 Å². The quantitative estimate of drug-likeness (QED) is 0.800. The first-order chi connectivity index (χ1) is 7.72. The average molecular weight is 216 g/mol. The maximum absolute atomic E-state index is 10.8. The molecule has 2 rings (SSSR count). The van der Waals surface area contributed by atoms with Gasteiger partial charge in [0.2, 0.25) is 0 Å². The molecule has 4 nitrogen and oxygen atoms in total. The SMILES string of the molecule is O=Cc1occc1-c1cccc(C(=O)O)c1. The zero-order valence-corrected chi connectivity index (χ0v) is 8.21. The van der Waals surface area contributed by atoms with E-state index in [0.29, 0.717) is 17.4 Å². The van der Waals surface area contributed by atoms with Gasteiger partial charge in [0.1, 0.15) is 0 Å². The van der Waals surface area contributed by atoms with Gasteiger partial charge in [0, 0.05) is 5.56 Å².